The highest BCUT2D eigenvalue weighted by atomic mass is 35.5. The molecule has 0 aliphatic carbocycles. The number of carbonyl (C=O) groups excluding carboxylic acids is 2. The number of aliphatic imine (C=N–C) groups is 1. The van der Waals surface area contributed by atoms with Gasteiger partial charge in [0, 0.05) is 16.3 Å². The Morgan fingerprint density at radius 3 is 2.35 bits per heavy atom. The first-order valence-corrected chi connectivity index (χ1v) is 12.6. The molecule has 0 saturated heterocycles. The van der Waals surface area contributed by atoms with E-state index in [0.29, 0.717) is 16.1 Å². The first kappa shape index (κ1) is 29.7. The van der Waals surface area contributed by atoms with Crippen LogP contribution in [0.3, 0.4) is 0 Å². The van der Waals surface area contributed by atoms with Gasteiger partial charge in [0.2, 0.25) is 11.9 Å². The van der Waals surface area contributed by atoms with E-state index in [0.717, 1.165) is 16.2 Å². The average molecular weight is 587 g/mol. The van der Waals surface area contributed by atoms with Crippen LogP contribution in [0.4, 0.5) is 5.69 Å². The number of halogens is 1. The zero-order chi connectivity index (χ0) is 29.2. The molecule has 0 bridgehead atoms. The molecule has 13 nitrogen and oxygen atoms in total. The summed E-state index contributed by atoms with van der Waals surface area (Å²) in [7, 11) is 0. The number of ether oxygens (including phenoxy) is 1. The summed E-state index contributed by atoms with van der Waals surface area (Å²) in [6.07, 6.45) is 0.150. The lowest BCUT2D eigenvalue weighted by atomic mass is 10.1. The van der Waals surface area contributed by atoms with Crippen LogP contribution in [0.15, 0.2) is 69.9 Å². The molecule has 3 aromatic rings. The van der Waals surface area contributed by atoms with Crippen LogP contribution in [0.5, 0.6) is 5.75 Å². The molecular weight excluding hydrogens is 564 g/mol. The number of hydrogen-bond donors (Lipinski definition) is 4. The number of esters is 1. The molecule has 15 heteroatoms. The highest BCUT2D eigenvalue weighted by Gasteiger charge is 2.20. The fourth-order valence-electron chi connectivity index (χ4n) is 3.41. The minimum Gasteiger partial charge on any atom is -0.480 e. The van der Waals surface area contributed by atoms with Gasteiger partial charge >= 0.3 is 17.9 Å². The second-order valence-electron chi connectivity index (χ2n) is 8.09. The molecule has 6 N–H and O–H groups in total. The van der Waals surface area contributed by atoms with Crippen molar-refractivity contribution in [2.75, 3.05) is 6.54 Å². The van der Waals surface area contributed by atoms with Crippen LogP contribution in [0.25, 0.3) is 0 Å². The molecule has 3 rings (SSSR count). The first-order valence-electron chi connectivity index (χ1n) is 11.4. The normalized spacial score (nSPS) is 11.4. The lowest BCUT2D eigenvalue weighted by molar-refractivity contribution is -0.144. The summed E-state index contributed by atoms with van der Waals surface area (Å²) in [5, 5.41) is 25.0. The Hall–Kier alpha value is -4.82. The van der Waals surface area contributed by atoms with Crippen LogP contribution in [0, 0.1) is 0 Å². The van der Waals surface area contributed by atoms with Crippen molar-refractivity contribution in [3.63, 3.8) is 0 Å². The molecule has 0 fully saturated rings. The smallest absolute Gasteiger partial charge is 0.345 e. The third-order valence-corrected chi connectivity index (χ3v) is 6.66. The van der Waals surface area contributed by atoms with E-state index >= 15 is 0 Å². The third kappa shape index (κ3) is 8.61. The van der Waals surface area contributed by atoms with Crippen LogP contribution < -0.4 is 16.3 Å². The molecule has 0 aliphatic heterocycles. The van der Waals surface area contributed by atoms with Gasteiger partial charge in [-0.25, -0.2) is 14.6 Å². The fourth-order valence-corrected chi connectivity index (χ4v) is 4.53. The number of thiophene rings is 1. The Labute approximate surface area is 236 Å². The van der Waals surface area contributed by atoms with Crippen molar-refractivity contribution >= 4 is 58.4 Å². The van der Waals surface area contributed by atoms with Gasteiger partial charge in [-0.3, -0.25) is 9.59 Å². The number of carboxylic acids is 2. The molecule has 2 aromatic carbocycles. The van der Waals surface area contributed by atoms with Crippen LogP contribution >= 0.6 is 22.9 Å². The Bertz CT molecular complexity index is 1470. The topological polar surface area (TPSA) is 210 Å². The maximum absolute atomic E-state index is 12.8. The SMILES string of the molecule is NN=NC(N)=Nc1ccc(C(=O)Oc2ccc(CCC(=O)N(CC(=O)O)Cc3ccc(C(=O)O)s3)c(Cl)c2)cc1. The second-order valence-corrected chi connectivity index (χ2v) is 9.67. The predicted octanol–water partition coefficient (Wildman–Crippen LogP) is 3.64. The first-order chi connectivity index (χ1) is 19.0. The third-order valence-electron chi connectivity index (χ3n) is 5.25. The van der Waals surface area contributed by atoms with Crippen LogP contribution in [-0.4, -0.2) is 51.4 Å². The van der Waals surface area contributed by atoms with Gasteiger partial charge in [-0.1, -0.05) is 28.0 Å². The maximum Gasteiger partial charge on any atom is 0.345 e. The molecule has 1 heterocycles. The van der Waals surface area contributed by atoms with Crippen molar-refractivity contribution in [2.24, 2.45) is 26.9 Å². The number of hydrogen-bond acceptors (Lipinski definition) is 8. The summed E-state index contributed by atoms with van der Waals surface area (Å²) in [5.74, 6) is 1.55. The lowest BCUT2D eigenvalue weighted by Gasteiger charge is -2.20. The summed E-state index contributed by atoms with van der Waals surface area (Å²) in [6.45, 7) is -0.577. The maximum atomic E-state index is 12.8. The molecule has 0 atom stereocenters. The number of guanidine groups is 1. The number of aliphatic carboxylic acids is 1. The number of benzene rings is 2. The van der Waals surface area contributed by atoms with Crippen molar-refractivity contribution in [2.45, 2.75) is 19.4 Å². The van der Waals surface area contributed by atoms with E-state index in [1.54, 1.807) is 12.1 Å². The highest BCUT2D eigenvalue weighted by Crippen LogP contribution is 2.25. The number of aromatic carboxylic acids is 1. The molecule has 0 unspecified atom stereocenters. The molecule has 40 heavy (non-hydrogen) atoms. The summed E-state index contributed by atoms with van der Waals surface area (Å²) in [4.78, 5) is 53.4. The van der Waals surface area contributed by atoms with Gasteiger partial charge in [-0.15, -0.1) is 11.3 Å². The zero-order valence-corrected chi connectivity index (χ0v) is 22.3. The van der Waals surface area contributed by atoms with E-state index in [9.17, 15) is 24.3 Å². The van der Waals surface area contributed by atoms with E-state index < -0.39 is 30.4 Å². The molecule has 1 amide bonds. The van der Waals surface area contributed by atoms with Crippen molar-refractivity contribution < 1.29 is 34.1 Å². The Balaban J connectivity index is 1.61. The second kappa shape index (κ2) is 13.8. The molecule has 208 valence electrons. The molecule has 0 spiro atoms. The van der Waals surface area contributed by atoms with Gasteiger partial charge in [0.15, 0.2) is 0 Å². The van der Waals surface area contributed by atoms with Gasteiger partial charge in [0.25, 0.3) is 0 Å². The van der Waals surface area contributed by atoms with Crippen molar-refractivity contribution in [1.29, 1.82) is 0 Å². The highest BCUT2D eigenvalue weighted by molar-refractivity contribution is 7.13. The predicted molar refractivity (Wildman–Crippen MR) is 146 cm³/mol. The fraction of sp³-hybridized carbons (Fsp3) is 0.160. The van der Waals surface area contributed by atoms with Crippen LogP contribution in [0.2, 0.25) is 5.02 Å². The zero-order valence-electron chi connectivity index (χ0n) is 20.7. The van der Waals surface area contributed by atoms with E-state index in [1.807, 2.05) is 0 Å². The quantitative estimate of drug-likeness (QED) is 0.0490. The van der Waals surface area contributed by atoms with Gasteiger partial charge in [0.1, 0.15) is 17.2 Å². The number of nitrogens with zero attached hydrogens (tertiary/aromatic N) is 4. The van der Waals surface area contributed by atoms with Crippen LogP contribution in [0.1, 0.15) is 36.9 Å². The number of nitrogens with two attached hydrogens (primary N) is 2. The number of carboxylic acid groups (broad SMARTS) is 2. The lowest BCUT2D eigenvalue weighted by Crippen LogP contribution is -2.35. The van der Waals surface area contributed by atoms with E-state index in [-0.39, 0.29) is 46.6 Å². The number of rotatable bonds is 11. The standard InChI is InChI=1S/C25H23ClN6O7S/c26-19-11-17(39-24(38)15-1-5-16(6-2-15)29-25(27)30-31-28)7-3-14(19)4-10-21(33)32(13-22(34)35)12-18-8-9-20(40-18)23(36)37/h1-3,5-9,11H,4,10,12-13H2,(H,34,35)(H,36,37)(H4,27,28,29,30). The molecule has 0 saturated carbocycles. The largest absolute Gasteiger partial charge is 0.480 e. The monoisotopic (exact) mass is 586 g/mol. The molecule has 0 radical (unpaired) electrons. The number of amides is 1. The van der Waals surface area contributed by atoms with Gasteiger partial charge in [-0.05, 0) is 60.5 Å². The van der Waals surface area contributed by atoms with Gasteiger partial charge in [-0.2, -0.15) is 0 Å². The Morgan fingerprint density at radius 2 is 1.75 bits per heavy atom. The Morgan fingerprint density at radius 1 is 1.02 bits per heavy atom. The average Bonchev–Trinajstić information content (AvgIpc) is 3.37. The van der Waals surface area contributed by atoms with E-state index in [1.165, 1.54) is 42.5 Å². The van der Waals surface area contributed by atoms with E-state index in [2.05, 4.69) is 15.3 Å². The van der Waals surface area contributed by atoms with Gasteiger partial charge in [0.05, 0.1) is 17.8 Å². The number of carbonyl (C=O) groups is 4. The summed E-state index contributed by atoms with van der Waals surface area (Å²) >= 11 is 7.32. The molecular formula is C25H23ClN6O7S. The Kier molecular flexibility index (Phi) is 10.3. The van der Waals surface area contributed by atoms with Crippen molar-refractivity contribution in [3.05, 3.63) is 80.5 Å². The van der Waals surface area contributed by atoms with Crippen LogP contribution in [-0.2, 0) is 22.6 Å². The number of aryl methyl sites for hydroxylation is 1. The summed E-state index contributed by atoms with van der Waals surface area (Å²) in [6, 6.07) is 13.5. The molecule has 0 aliphatic rings. The minimum absolute atomic E-state index is 0.0364. The van der Waals surface area contributed by atoms with E-state index in [4.69, 9.17) is 33.0 Å². The van der Waals surface area contributed by atoms with Gasteiger partial charge < -0.3 is 31.4 Å². The van der Waals surface area contributed by atoms with Crippen molar-refractivity contribution in [3.8, 4) is 5.75 Å². The summed E-state index contributed by atoms with van der Waals surface area (Å²) in [5.41, 5.74) is 6.75. The summed E-state index contributed by atoms with van der Waals surface area (Å²) < 4.78 is 5.37. The van der Waals surface area contributed by atoms with Crippen molar-refractivity contribution in [1.82, 2.24) is 4.90 Å². The molecule has 1 aromatic heterocycles. The minimum atomic E-state index is -1.20.